The zero-order chi connectivity index (χ0) is 11.8. The number of hydrogen-bond donors (Lipinski definition) is 2. The van der Waals surface area contributed by atoms with Crippen LogP contribution in [0.15, 0.2) is 16.6 Å². The minimum atomic E-state index is -0.352. The quantitative estimate of drug-likeness (QED) is 0.828. The Morgan fingerprint density at radius 1 is 1.25 bits per heavy atom. The molecule has 0 radical (unpaired) electrons. The maximum atomic E-state index is 10.1. The normalized spacial score (nSPS) is 19.7. The monoisotopic (exact) mass is 283 g/mol. The highest BCUT2D eigenvalue weighted by atomic mass is 79.9. The van der Waals surface area contributed by atoms with Gasteiger partial charge in [-0.05, 0) is 37.5 Å². The smallest absolute Gasteiger partial charge is 0.122 e. The van der Waals surface area contributed by atoms with Crippen LogP contribution in [0.5, 0.6) is 5.75 Å². The Morgan fingerprint density at radius 2 is 1.88 bits per heavy atom. The molecule has 0 aromatic heterocycles. The van der Waals surface area contributed by atoms with E-state index in [0.29, 0.717) is 5.75 Å². The van der Waals surface area contributed by atoms with Gasteiger partial charge in [0.15, 0.2) is 0 Å². The van der Waals surface area contributed by atoms with E-state index < -0.39 is 0 Å². The molecule has 16 heavy (non-hydrogen) atoms. The van der Waals surface area contributed by atoms with Crippen molar-refractivity contribution >= 4 is 15.9 Å². The van der Waals surface area contributed by atoms with Crippen molar-refractivity contribution in [3.8, 4) is 5.75 Å². The minimum absolute atomic E-state index is 0.330. The van der Waals surface area contributed by atoms with Gasteiger partial charge in [0, 0.05) is 15.6 Å². The van der Waals surface area contributed by atoms with E-state index >= 15 is 0 Å². The SMILES string of the molecule is Cc1cc(O)c(C2(N)CCCCC2)c(Br)c1. The van der Waals surface area contributed by atoms with Gasteiger partial charge in [-0.15, -0.1) is 0 Å². The van der Waals surface area contributed by atoms with E-state index in [4.69, 9.17) is 5.73 Å². The standard InChI is InChI=1S/C13H18BrNO/c1-9-7-10(14)12(11(16)8-9)13(15)5-3-2-4-6-13/h7-8,16H,2-6,15H2,1H3. The maximum absolute atomic E-state index is 10.1. The molecule has 1 aliphatic rings. The molecule has 0 heterocycles. The second-order valence-electron chi connectivity index (χ2n) is 4.86. The third-order valence-corrected chi connectivity index (χ3v) is 4.08. The van der Waals surface area contributed by atoms with Crippen LogP contribution < -0.4 is 5.73 Å². The van der Waals surface area contributed by atoms with E-state index in [0.717, 1.165) is 41.3 Å². The van der Waals surface area contributed by atoms with Crippen molar-refractivity contribution in [2.24, 2.45) is 5.73 Å². The van der Waals surface area contributed by atoms with Crippen molar-refractivity contribution < 1.29 is 5.11 Å². The van der Waals surface area contributed by atoms with Crippen LogP contribution in [0.4, 0.5) is 0 Å². The Hall–Kier alpha value is -0.540. The third kappa shape index (κ3) is 2.11. The molecule has 0 bridgehead atoms. The van der Waals surface area contributed by atoms with Gasteiger partial charge in [-0.1, -0.05) is 35.2 Å². The van der Waals surface area contributed by atoms with Crippen molar-refractivity contribution in [1.82, 2.24) is 0 Å². The molecule has 1 aromatic carbocycles. The molecule has 1 fully saturated rings. The molecule has 2 nitrogen and oxygen atoms in total. The molecule has 2 rings (SSSR count). The maximum Gasteiger partial charge on any atom is 0.122 e. The van der Waals surface area contributed by atoms with Gasteiger partial charge >= 0.3 is 0 Å². The summed E-state index contributed by atoms with van der Waals surface area (Å²) in [6.07, 6.45) is 5.47. The lowest BCUT2D eigenvalue weighted by Crippen LogP contribution is -2.39. The van der Waals surface area contributed by atoms with Crippen LogP contribution in [0.2, 0.25) is 0 Å². The molecule has 0 spiro atoms. The first-order chi connectivity index (χ1) is 7.53. The summed E-state index contributed by atoms with van der Waals surface area (Å²) in [7, 11) is 0. The fraction of sp³-hybridized carbons (Fsp3) is 0.538. The summed E-state index contributed by atoms with van der Waals surface area (Å²) in [4.78, 5) is 0. The van der Waals surface area contributed by atoms with Gasteiger partial charge in [0.2, 0.25) is 0 Å². The number of phenols is 1. The molecule has 0 atom stereocenters. The second-order valence-corrected chi connectivity index (χ2v) is 5.71. The molecule has 0 amide bonds. The summed E-state index contributed by atoms with van der Waals surface area (Å²) in [5.41, 5.74) is 8.03. The second kappa shape index (κ2) is 4.38. The number of rotatable bonds is 1. The Labute approximate surface area is 105 Å². The lowest BCUT2D eigenvalue weighted by molar-refractivity contribution is 0.291. The van der Waals surface area contributed by atoms with Gasteiger partial charge in [0.25, 0.3) is 0 Å². The van der Waals surface area contributed by atoms with Crippen molar-refractivity contribution in [2.45, 2.75) is 44.6 Å². The lowest BCUT2D eigenvalue weighted by atomic mass is 9.77. The van der Waals surface area contributed by atoms with Gasteiger partial charge in [-0.25, -0.2) is 0 Å². The van der Waals surface area contributed by atoms with E-state index in [9.17, 15) is 5.11 Å². The number of nitrogens with two attached hydrogens (primary N) is 1. The molecule has 88 valence electrons. The van der Waals surface area contributed by atoms with Crippen LogP contribution >= 0.6 is 15.9 Å². The Balaban J connectivity index is 2.46. The van der Waals surface area contributed by atoms with Gasteiger partial charge < -0.3 is 10.8 Å². The minimum Gasteiger partial charge on any atom is -0.508 e. The molecular formula is C13H18BrNO. The Morgan fingerprint density at radius 3 is 2.44 bits per heavy atom. The van der Waals surface area contributed by atoms with Crippen LogP contribution in [0, 0.1) is 6.92 Å². The molecule has 1 aromatic rings. The van der Waals surface area contributed by atoms with Crippen LogP contribution in [0.3, 0.4) is 0 Å². The van der Waals surface area contributed by atoms with Crippen LogP contribution in [0.25, 0.3) is 0 Å². The fourth-order valence-electron chi connectivity index (χ4n) is 2.65. The van der Waals surface area contributed by atoms with Crippen LogP contribution in [-0.4, -0.2) is 5.11 Å². The van der Waals surface area contributed by atoms with Crippen molar-refractivity contribution in [3.63, 3.8) is 0 Å². The molecule has 0 unspecified atom stereocenters. The van der Waals surface area contributed by atoms with Crippen LogP contribution in [-0.2, 0) is 5.54 Å². The average molecular weight is 284 g/mol. The largest absolute Gasteiger partial charge is 0.508 e. The number of aryl methyl sites for hydroxylation is 1. The van der Waals surface area contributed by atoms with Gasteiger partial charge in [0.1, 0.15) is 5.75 Å². The molecule has 3 N–H and O–H groups in total. The van der Waals surface area contributed by atoms with E-state index in [1.54, 1.807) is 6.07 Å². The summed E-state index contributed by atoms with van der Waals surface area (Å²) < 4.78 is 0.939. The Kier molecular flexibility index (Phi) is 3.27. The topological polar surface area (TPSA) is 46.2 Å². The molecule has 0 saturated heterocycles. The number of phenolic OH excluding ortho intramolecular Hbond substituents is 1. The van der Waals surface area contributed by atoms with E-state index in [1.165, 1.54) is 6.42 Å². The van der Waals surface area contributed by atoms with E-state index in [1.807, 2.05) is 13.0 Å². The highest BCUT2D eigenvalue weighted by Gasteiger charge is 2.33. The summed E-state index contributed by atoms with van der Waals surface area (Å²) in [5.74, 6) is 0.330. The molecule has 0 aliphatic heterocycles. The van der Waals surface area contributed by atoms with Crippen LogP contribution in [0.1, 0.15) is 43.2 Å². The fourth-order valence-corrected chi connectivity index (χ4v) is 3.61. The predicted octanol–water partition coefficient (Wildman–Crippen LogP) is 3.58. The Bertz CT molecular complexity index is 374. The molecule has 1 saturated carbocycles. The lowest BCUT2D eigenvalue weighted by Gasteiger charge is -2.35. The molecular weight excluding hydrogens is 266 g/mol. The molecule has 3 heteroatoms. The first-order valence-electron chi connectivity index (χ1n) is 5.81. The number of aromatic hydroxyl groups is 1. The van der Waals surface area contributed by atoms with Gasteiger partial charge in [0.05, 0.1) is 0 Å². The first-order valence-corrected chi connectivity index (χ1v) is 6.61. The number of hydrogen-bond acceptors (Lipinski definition) is 2. The molecule has 1 aliphatic carbocycles. The highest BCUT2D eigenvalue weighted by Crippen LogP contribution is 2.42. The summed E-state index contributed by atoms with van der Waals surface area (Å²) in [6.45, 7) is 1.97. The van der Waals surface area contributed by atoms with E-state index in [2.05, 4.69) is 15.9 Å². The summed E-state index contributed by atoms with van der Waals surface area (Å²) in [5, 5.41) is 10.1. The zero-order valence-electron chi connectivity index (χ0n) is 9.59. The number of halogens is 1. The van der Waals surface area contributed by atoms with Crippen molar-refractivity contribution in [3.05, 3.63) is 27.7 Å². The number of benzene rings is 1. The predicted molar refractivity (Wildman–Crippen MR) is 69.5 cm³/mol. The van der Waals surface area contributed by atoms with Gasteiger partial charge in [-0.3, -0.25) is 0 Å². The highest BCUT2D eigenvalue weighted by molar-refractivity contribution is 9.10. The average Bonchev–Trinajstić information content (AvgIpc) is 2.16. The summed E-state index contributed by atoms with van der Waals surface area (Å²) in [6, 6.07) is 3.82. The van der Waals surface area contributed by atoms with Gasteiger partial charge in [-0.2, -0.15) is 0 Å². The third-order valence-electron chi connectivity index (χ3n) is 3.46. The van der Waals surface area contributed by atoms with Crippen molar-refractivity contribution in [2.75, 3.05) is 0 Å². The zero-order valence-corrected chi connectivity index (χ0v) is 11.2. The first kappa shape index (κ1) is 11.9. The summed E-state index contributed by atoms with van der Waals surface area (Å²) >= 11 is 3.53. The van der Waals surface area contributed by atoms with E-state index in [-0.39, 0.29) is 5.54 Å². The van der Waals surface area contributed by atoms with Crippen molar-refractivity contribution in [1.29, 1.82) is 0 Å².